The molecule has 0 fully saturated rings. The molecule has 1 aliphatic heterocycles. The Morgan fingerprint density at radius 1 is 0.933 bits per heavy atom. The van der Waals surface area contributed by atoms with E-state index in [0.717, 1.165) is 5.56 Å². The van der Waals surface area contributed by atoms with Gasteiger partial charge >= 0.3 is 0 Å². The molecule has 0 saturated heterocycles. The molecule has 30 heavy (non-hydrogen) atoms. The van der Waals surface area contributed by atoms with E-state index < -0.39 is 11.8 Å². The first-order valence-electron chi connectivity index (χ1n) is 9.56. The van der Waals surface area contributed by atoms with Crippen LogP contribution in [0.4, 0.5) is 10.1 Å². The van der Waals surface area contributed by atoms with Crippen molar-refractivity contribution in [3.8, 4) is 0 Å². The minimum atomic E-state index is -0.435. The molecule has 0 saturated carbocycles. The molecule has 150 valence electrons. The van der Waals surface area contributed by atoms with Crippen LogP contribution < -0.4 is 5.32 Å². The Labute approximate surface area is 173 Å². The van der Waals surface area contributed by atoms with Crippen LogP contribution in [0, 0.1) is 12.7 Å². The summed E-state index contributed by atoms with van der Waals surface area (Å²) in [4.78, 5) is 39.3. The average molecular weight is 402 g/mol. The van der Waals surface area contributed by atoms with Gasteiger partial charge in [0.15, 0.2) is 0 Å². The fraction of sp³-hybridized carbons (Fsp3) is 0.125. The second-order valence-corrected chi connectivity index (χ2v) is 7.17. The quantitative estimate of drug-likeness (QED) is 0.650. The number of fused-ring (bicyclic) bond motifs is 1. The van der Waals surface area contributed by atoms with E-state index >= 15 is 0 Å². The highest BCUT2D eigenvalue weighted by Crippen LogP contribution is 2.25. The zero-order chi connectivity index (χ0) is 21.3. The van der Waals surface area contributed by atoms with Crippen LogP contribution >= 0.6 is 0 Å². The van der Waals surface area contributed by atoms with Gasteiger partial charge in [0.05, 0.1) is 11.1 Å². The highest BCUT2D eigenvalue weighted by Gasteiger charge is 2.35. The fourth-order valence-corrected chi connectivity index (χ4v) is 3.48. The minimum Gasteiger partial charge on any atom is -0.322 e. The number of rotatable bonds is 5. The zero-order valence-electron chi connectivity index (χ0n) is 16.3. The molecule has 3 aromatic rings. The van der Waals surface area contributed by atoms with Crippen molar-refractivity contribution in [2.75, 3.05) is 11.9 Å². The Hall–Kier alpha value is -3.80. The van der Waals surface area contributed by atoms with Gasteiger partial charge in [0, 0.05) is 17.8 Å². The maximum Gasteiger partial charge on any atom is 0.261 e. The molecule has 0 radical (unpaired) electrons. The molecule has 4 rings (SSSR count). The number of nitrogens with one attached hydrogen (secondary N) is 1. The van der Waals surface area contributed by atoms with E-state index in [1.165, 1.54) is 41.3 Å². The zero-order valence-corrected chi connectivity index (χ0v) is 16.3. The molecular weight excluding hydrogens is 383 g/mol. The van der Waals surface area contributed by atoms with Crippen molar-refractivity contribution in [3.05, 3.63) is 100 Å². The minimum absolute atomic E-state index is 0.219. The molecule has 0 bridgehead atoms. The number of hydrogen-bond donors (Lipinski definition) is 1. The normalized spacial score (nSPS) is 12.8. The second kappa shape index (κ2) is 7.91. The first kappa shape index (κ1) is 19.5. The lowest BCUT2D eigenvalue weighted by molar-refractivity contribution is 0.0656. The van der Waals surface area contributed by atoms with Gasteiger partial charge in [-0.1, -0.05) is 30.3 Å². The summed E-state index contributed by atoms with van der Waals surface area (Å²) in [6.07, 6.45) is 0.559. The van der Waals surface area contributed by atoms with Gasteiger partial charge in [0.1, 0.15) is 5.82 Å². The molecule has 3 amide bonds. The first-order chi connectivity index (χ1) is 14.4. The molecule has 1 N–H and O–H groups in total. The topological polar surface area (TPSA) is 66.5 Å². The standard InChI is InChI=1S/C24H19FN2O3/c1-15-13-18(25)8-10-21(15)26-22(28)17-7-9-19-20(14-17)24(30)27(23(19)29)12-11-16-5-3-2-4-6-16/h2-10,13-14H,11-12H2,1H3,(H,26,28). The predicted octanol–water partition coefficient (Wildman–Crippen LogP) is 4.23. The number of aryl methyl sites for hydroxylation is 1. The van der Waals surface area contributed by atoms with Crippen molar-refractivity contribution >= 4 is 23.4 Å². The molecule has 5 nitrogen and oxygen atoms in total. The molecule has 3 aromatic carbocycles. The van der Waals surface area contributed by atoms with E-state index in [1.807, 2.05) is 30.3 Å². The van der Waals surface area contributed by atoms with Gasteiger partial charge in [-0.05, 0) is 60.9 Å². The second-order valence-electron chi connectivity index (χ2n) is 7.17. The number of amides is 3. The van der Waals surface area contributed by atoms with Gasteiger partial charge in [-0.3, -0.25) is 19.3 Å². The van der Waals surface area contributed by atoms with Crippen molar-refractivity contribution in [2.45, 2.75) is 13.3 Å². The van der Waals surface area contributed by atoms with Gasteiger partial charge in [-0.25, -0.2) is 4.39 Å². The van der Waals surface area contributed by atoms with E-state index in [4.69, 9.17) is 0 Å². The van der Waals surface area contributed by atoms with Crippen LogP contribution in [-0.4, -0.2) is 29.2 Å². The van der Waals surface area contributed by atoms with Crippen LogP contribution in [-0.2, 0) is 6.42 Å². The molecule has 1 aliphatic rings. The molecule has 0 unspecified atom stereocenters. The number of benzene rings is 3. The number of anilines is 1. The van der Waals surface area contributed by atoms with Gasteiger partial charge < -0.3 is 5.32 Å². The van der Waals surface area contributed by atoms with Crippen molar-refractivity contribution < 1.29 is 18.8 Å². The number of nitrogens with zero attached hydrogens (tertiary/aromatic N) is 1. The number of halogens is 1. The summed E-state index contributed by atoms with van der Waals surface area (Å²) in [6, 6.07) is 18.1. The van der Waals surface area contributed by atoms with Crippen LogP contribution in [0.15, 0.2) is 66.7 Å². The van der Waals surface area contributed by atoms with E-state index in [1.54, 1.807) is 6.92 Å². The Morgan fingerprint density at radius 2 is 1.67 bits per heavy atom. The van der Waals surface area contributed by atoms with Crippen molar-refractivity contribution in [1.82, 2.24) is 4.90 Å². The number of hydrogen-bond acceptors (Lipinski definition) is 3. The smallest absolute Gasteiger partial charge is 0.261 e. The third-order valence-electron chi connectivity index (χ3n) is 5.14. The molecular formula is C24H19FN2O3. The van der Waals surface area contributed by atoms with Crippen LogP contribution in [0.2, 0.25) is 0 Å². The van der Waals surface area contributed by atoms with Crippen molar-refractivity contribution in [3.63, 3.8) is 0 Å². The van der Waals surface area contributed by atoms with Crippen molar-refractivity contribution in [2.24, 2.45) is 0 Å². The SMILES string of the molecule is Cc1cc(F)ccc1NC(=O)c1ccc2c(c1)C(=O)N(CCc1ccccc1)C2=O. The Kier molecular flexibility index (Phi) is 5.14. The highest BCUT2D eigenvalue weighted by molar-refractivity contribution is 6.22. The Morgan fingerprint density at radius 3 is 2.40 bits per heavy atom. The predicted molar refractivity (Wildman–Crippen MR) is 111 cm³/mol. The first-order valence-corrected chi connectivity index (χ1v) is 9.56. The molecule has 0 aromatic heterocycles. The van der Waals surface area contributed by atoms with E-state index in [-0.39, 0.29) is 29.4 Å². The summed E-state index contributed by atoms with van der Waals surface area (Å²) < 4.78 is 13.3. The summed E-state index contributed by atoms with van der Waals surface area (Å²) in [7, 11) is 0. The van der Waals surface area contributed by atoms with Crippen LogP contribution in [0.25, 0.3) is 0 Å². The number of imide groups is 1. The fourth-order valence-electron chi connectivity index (χ4n) is 3.48. The Balaban J connectivity index is 1.51. The van der Waals surface area contributed by atoms with Gasteiger partial charge in [0.2, 0.25) is 0 Å². The average Bonchev–Trinajstić information content (AvgIpc) is 2.98. The summed E-state index contributed by atoms with van der Waals surface area (Å²) in [5.41, 5.74) is 2.86. The van der Waals surface area contributed by atoms with Gasteiger partial charge in [0.25, 0.3) is 17.7 Å². The Bertz CT molecular complexity index is 1160. The van der Waals surface area contributed by atoms with E-state index in [9.17, 15) is 18.8 Å². The molecule has 0 spiro atoms. The molecule has 0 atom stereocenters. The summed E-state index contributed by atoms with van der Waals surface area (Å²) in [6.45, 7) is 1.96. The lowest BCUT2D eigenvalue weighted by Crippen LogP contribution is -2.31. The summed E-state index contributed by atoms with van der Waals surface area (Å²) in [5, 5.41) is 2.71. The van der Waals surface area contributed by atoms with Gasteiger partial charge in [-0.2, -0.15) is 0 Å². The van der Waals surface area contributed by atoms with E-state index in [2.05, 4.69) is 5.32 Å². The van der Waals surface area contributed by atoms with Crippen LogP contribution in [0.3, 0.4) is 0 Å². The third-order valence-corrected chi connectivity index (χ3v) is 5.14. The maximum absolute atomic E-state index is 13.3. The molecule has 0 aliphatic carbocycles. The monoisotopic (exact) mass is 402 g/mol. The number of carbonyl (C=O) groups is 3. The lowest BCUT2D eigenvalue weighted by Gasteiger charge is -2.13. The molecule has 1 heterocycles. The molecule has 6 heteroatoms. The largest absolute Gasteiger partial charge is 0.322 e. The lowest BCUT2D eigenvalue weighted by atomic mass is 10.0. The van der Waals surface area contributed by atoms with Crippen molar-refractivity contribution in [1.29, 1.82) is 0 Å². The van der Waals surface area contributed by atoms with Crippen LogP contribution in [0.5, 0.6) is 0 Å². The van der Waals surface area contributed by atoms with E-state index in [0.29, 0.717) is 23.2 Å². The van der Waals surface area contributed by atoms with Crippen LogP contribution in [0.1, 0.15) is 42.2 Å². The maximum atomic E-state index is 13.3. The third kappa shape index (κ3) is 3.72. The highest BCUT2D eigenvalue weighted by atomic mass is 19.1. The number of carbonyl (C=O) groups excluding carboxylic acids is 3. The van der Waals surface area contributed by atoms with Gasteiger partial charge in [-0.15, -0.1) is 0 Å². The summed E-state index contributed by atoms with van der Waals surface area (Å²) in [5.74, 6) is -1.58. The summed E-state index contributed by atoms with van der Waals surface area (Å²) >= 11 is 0.